The molecule has 162 valence electrons. The summed E-state index contributed by atoms with van der Waals surface area (Å²) in [5.74, 6) is 0.316. The van der Waals surface area contributed by atoms with E-state index in [9.17, 15) is 9.59 Å². The highest BCUT2D eigenvalue weighted by molar-refractivity contribution is 7.99. The van der Waals surface area contributed by atoms with Crippen molar-refractivity contribution in [3.63, 3.8) is 0 Å². The van der Waals surface area contributed by atoms with Crippen molar-refractivity contribution in [3.8, 4) is 5.69 Å². The van der Waals surface area contributed by atoms with Gasteiger partial charge in [0.25, 0.3) is 5.56 Å². The first-order valence-corrected chi connectivity index (χ1v) is 12.4. The van der Waals surface area contributed by atoms with E-state index in [0.29, 0.717) is 22.6 Å². The molecule has 0 saturated carbocycles. The van der Waals surface area contributed by atoms with Gasteiger partial charge in [-0.1, -0.05) is 30.0 Å². The molecule has 5 rings (SSSR count). The molecule has 0 spiro atoms. The molecule has 1 aliphatic rings. The van der Waals surface area contributed by atoms with Crippen LogP contribution in [0.3, 0.4) is 0 Å². The van der Waals surface area contributed by atoms with E-state index in [1.807, 2.05) is 49.1 Å². The number of rotatable bonds is 4. The molecule has 0 radical (unpaired) electrons. The summed E-state index contributed by atoms with van der Waals surface area (Å²) >= 11 is 3.09. The van der Waals surface area contributed by atoms with Crippen LogP contribution in [0.15, 0.2) is 63.9 Å². The SMILES string of the molecule is Cc1cc(C)cc(-n2c(SCC(=O)N3CCc4sccc4C3)nc3ccccc3c2=O)c1. The largest absolute Gasteiger partial charge is 0.337 e. The van der Waals surface area contributed by atoms with Gasteiger partial charge in [0, 0.05) is 18.0 Å². The minimum absolute atomic E-state index is 0.0706. The maximum Gasteiger partial charge on any atom is 0.266 e. The third-order valence-corrected chi connectivity index (χ3v) is 7.64. The van der Waals surface area contributed by atoms with E-state index in [4.69, 9.17) is 4.98 Å². The van der Waals surface area contributed by atoms with Crippen LogP contribution in [-0.2, 0) is 17.8 Å². The van der Waals surface area contributed by atoms with E-state index < -0.39 is 0 Å². The van der Waals surface area contributed by atoms with Crippen molar-refractivity contribution >= 4 is 39.9 Å². The number of hydrogen-bond donors (Lipinski definition) is 0. The number of benzene rings is 2. The summed E-state index contributed by atoms with van der Waals surface area (Å²) in [6.45, 7) is 5.43. The van der Waals surface area contributed by atoms with E-state index in [2.05, 4.69) is 17.5 Å². The number of nitrogens with zero attached hydrogens (tertiary/aromatic N) is 3. The first kappa shape index (κ1) is 21.0. The molecule has 0 unspecified atom stereocenters. The van der Waals surface area contributed by atoms with E-state index in [0.717, 1.165) is 29.8 Å². The summed E-state index contributed by atoms with van der Waals surface area (Å²) in [5, 5.41) is 3.21. The topological polar surface area (TPSA) is 55.2 Å². The molecule has 32 heavy (non-hydrogen) atoms. The Kier molecular flexibility index (Phi) is 5.61. The number of carbonyl (C=O) groups excluding carboxylic acids is 1. The third-order valence-electron chi connectivity index (χ3n) is 5.69. The molecular weight excluding hydrogens is 438 g/mol. The van der Waals surface area contributed by atoms with Gasteiger partial charge >= 0.3 is 0 Å². The average molecular weight is 462 g/mol. The van der Waals surface area contributed by atoms with Gasteiger partial charge in [-0.3, -0.25) is 14.2 Å². The smallest absolute Gasteiger partial charge is 0.266 e. The lowest BCUT2D eigenvalue weighted by Gasteiger charge is -2.27. The molecule has 0 N–H and O–H groups in total. The van der Waals surface area contributed by atoms with Crippen LogP contribution < -0.4 is 5.56 Å². The number of para-hydroxylation sites is 1. The van der Waals surface area contributed by atoms with Gasteiger partial charge in [0.1, 0.15) is 0 Å². The maximum atomic E-state index is 13.4. The van der Waals surface area contributed by atoms with Crippen LogP contribution in [-0.4, -0.2) is 32.7 Å². The molecular formula is C25H23N3O2S2. The predicted molar refractivity (Wildman–Crippen MR) is 131 cm³/mol. The third kappa shape index (κ3) is 3.98. The first-order valence-electron chi connectivity index (χ1n) is 10.6. The molecule has 0 fully saturated rings. The zero-order valence-electron chi connectivity index (χ0n) is 18.0. The van der Waals surface area contributed by atoms with Crippen molar-refractivity contribution in [1.82, 2.24) is 14.5 Å². The fourth-order valence-electron chi connectivity index (χ4n) is 4.20. The van der Waals surface area contributed by atoms with E-state index in [1.165, 1.54) is 22.2 Å². The summed E-state index contributed by atoms with van der Waals surface area (Å²) < 4.78 is 1.65. The van der Waals surface area contributed by atoms with E-state index in [1.54, 1.807) is 22.0 Å². The summed E-state index contributed by atoms with van der Waals surface area (Å²) in [6, 6.07) is 15.5. The van der Waals surface area contributed by atoms with Crippen molar-refractivity contribution < 1.29 is 4.79 Å². The quantitative estimate of drug-likeness (QED) is 0.325. The first-order chi connectivity index (χ1) is 15.5. The number of carbonyl (C=O) groups is 1. The Morgan fingerprint density at radius 1 is 1.12 bits per heavy atom. The van der Waals surface area contributed by atoms with E-state index >= 15 is 0 Å². The Hall–Kier alpha value is -2.90. The Labute approximate surface area is 194 Å². The number of aryl methyl sites for hydroxylation is 2. The highest BCUT2D eigenvalue weighted by Gasteiger charge is 2.22. The summed E-state index contributed by atoms with van der Waals surface area (Å²) in [4.78, 5) is 34.5. The van der Waals surface area contributed by atoms with Gasteiger partial charge in [0.05, 0.1) is 22.3 Å². The minimum atomic E-state index is -0.114. The Balaban J connectivity index is 1.49. The van der Waals surface area contributed by atoms with Crippen molar-refractivity contribution in [1.29, 1.82) is 0 Å². The minimum Gasteiger partial charge on any atom is -0.337 e. The second kappa shape index (κ2) is 8.56. The Bertz CT molecular complexity index is 1370. The molecule has 1 aliphatic heterocycles. The van der Waals surface area contributed by atoms with Crippen molar-refractivity contribution in [2.75, 3.05) is 12.3 Å². The lowest BCUT2D eigenvalue weighted by Crippen LogP contribution is -2.36. The molecule has 7 heteroatoms. The highest BCUT2D eigenvalue weighted by atomic mass is 32.2. The molecule has 0 bridgehead atoms. The summed E-state index contributed by atoms with van der Waals surface area (Å²) in [6.07, 6.45) is 0.908. The van der Waals surface area contributed by atoms with Crippen LogP contribution in [0.25, 0.3) is 16.6 Å². The lowest BCUT2D eigenvalue weighted by atomic mass is 10.1. The molecule has 3 heterocycles. The van der Waals surface area contributed by atoms with Gasteiger partial charge in [0.15, 0.2) is 5.16 Å². The number of amides is 1. The fraction of sp³-hybridized carbons (Fsp3) is 0.240. The lowest BCUT2D eigenvalue weighted by molar-refractivity contribution is -0.129. The van der Waals surface area contributed by atoms with Crippen molar-refractivity contribution in [2.24, 2.45) is 0 Å². The van der Waals surface area contributed by atoms with Gasteiger partial charge in [-0.05, 0) is 72.7 Å². The van der Waals surface area contributed by atoms with Crippen LogP contribution in [0.5, 0.6) is 0 Å². The van der Waals surface area contributed by atoms with Gasteiger partial charge in [-0.15, -0.1) is 11.3 Å². The van der Waals surface area contributed by atoms with Gasteiger partial charge in [0.2, 0.25) is 5.91 Å². The summed E-state index contributed by atoms with van der Waals surface area (Å²) in [7, 11) is 0. The molecule has 1 amide bonds. The molecule has 5 nitrogen and oxygen atoms in total. The Morgan fingerprint density at radius 2 is 1.91 bits per heavy atom. The fourth-order valence-corrected chi connectivity index (χ4v) is 6.00. The second-order valence-electron chi connectivity index (χ2n) is 8.12. The number of hydrogen-bond acceptors (Lipinski definition) is 5. The normalized spacial score (nSPS) is 13.4. The van der Waals surface area contributed by atoms with Crippen molar-refractivity contribution in [3.05, 3.63) is 85.8 Å². The van der Waals surface area contributed by atoms with Gasteiger partial charge < -0.3 is 4.90 Å². The van der Waals surface area contributed by atoms with Gasteiger partial charge in [-0.2, -0.15) is 0 Å². The number of fused-ring (bicyclic) bond motifs is 2. The van der Waals surface area contributed by atoms with Crippen LogP contribution in [0.1, 0.15) is 21.6 Å². The van der Waals surface area contributed by atoms with Gasteiger partial charge in [-0.25, -0.2) is 4.98 Å². The highest BCUT2D eigenvalue weighted by Crippen LogP contribution is 2.26. The number of thioether (sulfide) groups is 1. The molecule has 0 saturated heterocycles. The maximum absolute atomic E-state index is 13.4. The zero-order chi connectivity index (χ0) is 22.2. The number of aromatic nitrogens is 2. The second-order valence-corrected chi connectivity index (χ2v) is 10.1. The number of thiophene rings is 1. The standard InChI is InChI=1S/C25H23N3O2S2/c1-16-11-17(2)13-19(12-16)28-24(30)20-5-3-4-6-21(20)26-25(28)32-15-23(29)27-9-7-22-18(14-27)8-10-31-22/h3-6,8,10-13H,7,9,14-15H2,1-2H3. The summed E-state index contributed by atoms with van der Waals surface area (Å²) in [5.41, 5.74) is 4.71. The van der Waals surface area contributed by atoms with Crippen LogP contribution in [0, 0.1) is 13.8 Å². The van der Waals surface area contributed by atoms with Crippen molar-refractivity contribution in [2.45, 2.75) is 32.0 Å². The molecule has 2 aromatic carbocycles. The van der Waals surface area contributed by atoms with Crippen LogP contribution in [0.2, 0.25) is 0 Å². The van der Waals surface area contributed by atoms with Crippen LogP contribution in [0.4, 0.5) is 0 Å². The molecule has 0 aliphatic carbocycles. The van der Waals surface area contributed by atoms with Crippen LogP contribution >= 0.6 is 23.1 Å². The molecule has 0 atom stereocenters. The van der Waals surface area contributed by atoms with E-state index in [-0.39, 0.29) is 17.2 Å². The Morgan fingerprint density at radius 3 is 2.72 bits per heavy atom. The predicted octanol–water partition coefficient (Wildman–Crippen LogP) is 4.74. The average Bonchev–Trinajstić information content (AvgIpc) is 3.25. The monoisotopic (exact) mass is 461 g/mol. The molecule has 4 aromatic rings. The molecule has 2 aromatic heterocycles. The zero-order valence-corrected chi connectivity index (χ0v) is 19.6.